The Kier molecular flexibility index (Phi) is 3.30. The zero-order valence-corrected chi connectivity index (χ0v) is 10.9. The van der Waals surface area contributed by atoms with E-state index in [1.54, 1.807) is 6.20 Å². The quantitative estimate of drug-likeness (QED) is 0.779. The van der Waals surface area contributed by atoms with Crippen molar-refractivity contribution in [2.24, 2.45) is 0 Å². The molecule has 0 aliphatic heterocycles. The molecule has 0 unspecified atom stereocenters. The van der Waals surface area contributed by atoms with Crippen LogP contribution in [0.15, 0.2) is 60.8 Å². The predicted octanol–water partition coefficient (Wildman–Crippen LogP) is 3.72. The van der Waals surface area contributed by atoms with Gasteiger partial charge in [-0.3, -0.25) is 4.98 Å². The third kappa shape index (κ3) is 2.60. The molecule has 0 fully saturated rings. The Hall–Kier alpha value is -2.86. The Bertz CT molecular complexity index is 787. The second kappa shape index (κ2) is 5.41. The van der Waals surface area contributed by atoms with Gasteiger partial charge in [-0.05, 0) is 42.0 Å². The van der Waals surface area contributed by atoms with Gasteiger partial charge in [-0.2, -0.15) is 5.26 Å². The van der Waals surface area contributed by atoms with Crippen LogP contribution >= 0.6 is 0 Å². The van der Waals surface area contributed by atoms with Gasteiger partial charge in [0.05, 0.1) is 17.1 Å². The summed E-state index contributed by atoms with van der Waals surface area (Å²) in [4.78, 5) is 4.30. The Morgan fingerprint density at radius 1 is 1.05 bits per heavy atom. The molecule has 1 heterocycles. The van der Waals surface area contributed by atoms with Gasteiger partial charge in [0.15, 0.2) is 0 Å². The summed E-state index contributed by atoms with van der Waals surface area (Å²) in [7, 11) is 0. The first-order chi connectivity index (χ1) is 9.85. The molecule has 3 nitrogen and oxygen atoms in total. The lowest BCUT2D eigenvalue weighted by atomic mass is 10.1. The fraction of sp³-hybridized carbons (Fsp3) is 0.0588. The highest BCUT2D eigenvalue weighted by atomic mass is 14.9. The summed E-state index contributed by atoms with van der Waals surface area (Å²) >= 11 is 0. The molecule has 1 aromatic heterocycles. The van der Waals surface area contributed by atoms with Crippen LogP contribution in [0.2, 0.25) is 0 Å². The van der Waals surface area contributed by atoms with Crippen molar-refractivity contribution in [1.82, 2.24) is 4.98 Å². The number of hydrogen-bond donors (Lipinski definition) is 1. The van der Waals surface area contributed by atoms with E-state index in [4.69, 9.17) is 5.26 Å². The summed E-state index contributed by atoms with van der Waals surface area (Å²) in [6.07, 6.45) is 1.79. The predicted molar refractivity (Wildman–Crippen MR) is 80.2 cm³/mol. The molecule has 3 heteroatoms. The maximum atomic E-state index is 8.89. The number of fused-ring (bicyclic) bond motifs is 1. The molecule has 1 N–H and O–H groups in total. The van der Waals surface area contributed by atoms with Crippen molar-refractivity contribution in [3.8, 4) is 6.07 Å². The van der Waals surface area contributed by atoms with Crippen LogP contribution in [-0.2, 0) is 6.54 Å². The lowest BCUT2D eigenvalue weighted by Gasteiger charge is -2.07. The topological polar surface area (TPSA) is 48.7 Å². The molecular formula is C17H13N3. The molecule has 0 amide bonds. The number of anilines is 1. The number of rotatable bonds is 3. The normalized spacial score (nSPS) is 10.2. The number of aromatic nitrogens is 1. The first kappa shape index (κ1) is 12.2. The van der Waals surface area contributed by atoms with Gasteiger partial charge in [0, 0.05) is 23.8 Å². The van der Waals surface area contributed by atoms with E-state index < -0.39 is 0 Å². The van der Waals surface area contributed by atoms with Crippen LogP contribution in [-0.4, -0.2) is 4.98 Å². The van der Waals surface area contributed by atoms with Gasteiger partial charge in [0.25, 0.3) is 0 Å². The molecular weight excluding hydrogens is 246 g/mol. The lowest BCUT2D eigenvalue weighted by Crippen LogP contribution is -1.99. The second-order valence-electron chi connectivity index (χ2n) is 4.58. The van der Waals surface area contributed by atoms with Crippen molar-refractivity contribution in [2.45, 2.75) is 6.54 Å². The fourth-order valence-electron chi connectivity index (χ4n) is 2.14. The molecule has 96 valence electrons. The highest BCUT2D eigenvalue weighted by Gasteiger charge is 1.98. The van der Waals surface area contributed by atoms with Crippen molar-refractivity contribution < 1.29 is 0 Å². The molecule has 0 spiro atoms. The van der Waals surface area contributed by atoms with E-state index >= 15 is 0 Å². The summed E-state index contributed by atoms with van der Waals surface area (Å²) < 4.78 is 0. The Morgan fingerprint density at radius 2 is 2.00 bits per heavy atom. The first-order valence-electron chi connectivity index (χ1n) is 6.43. The van der Waals surface area contributed by atoms with E-state index in [2.05, 4.69) is 22.4 Å². The minimum absolute atomic E-state index is 0.687. The van der Waals surface area contributed by atoms with Crippen LogP contribution in [0.25, 0.3) is 10.9 Å². The highest BCUT2D eigenvalue weighted by molar-refractivity contribution is 5.82. The van der Waals surface area contributed by atoms with E-state index in [1.165, 1.54) is 0 Å². The highest BCUT2D eigenvalue weighted by Crippen LogP contribution is 2.17. The van der Waals surface area contributed by atoms with Crippen LogP contribution in [0, 0.1) is 11.3 Å². The summed E-state index contributed by atoms with van der Waals surface area (Å²) in [5, 5.41) is 13.4. The largest absolute Gasteiger partial charge is 0.381 e. The molecule has 0 aliphatic rings. The smallest absolute Gasteiger partial charge is 0.0991 e. The van der Waals surface area contributed by atoms with Gasteiger partial charge in [-0.1, -0.05) is 18.2 Å². The molecule has 0 atom stereocenters. The number of pyridine rings is 1. The summed E-state index contributed by atoms with van der Waals surface area (Å²) in [5.74, 6) is 0. The van der Waals surface area contributed by atoms with Crippen LogP contribution in [0.1, 0.15) is 11.1 Å². The summed E-state index contributed by atoms with van der Waals surface area (Å²) in [5.41, 5.74) is 3.82. The maximum Gasteiger partial charge on any atom is 0.0991 e. The van der Waals surface area contributed by atoms with Gasteiger partial charge in [0.2, 0.25) is 0 Å². The molecule has 3 rings (SSSR count). The number of benzene rings is 2. The average molecular weight is 259 g/mol. The molecule has 0 radical (unpaired) electrons. The van der Waals surface area contributed by atoms with Crippen molar-refractivity contribution in [2.75, 3.05) is 5.32 Å². The number of nitrogens with zero attached hydrogens (tertiary/aromatic N) is 2. The monoisotopic (exact) mass is 259 g/mol. The standard InChI is InChI=1S/C17H13N3/c18-11-13-3-1-4-14(9-13)12-20-16-6-7-17-15(10-16)5-2-8-19-17/h1-10,20H,12H2. The SMILES string of the molecule is N#Cc1cccc(CNc2ccc3ncccc3c2)c1. The second-order valence-corrected chi connectivity index (χ2v) is 4.58. The lowest BCUT2D eigenvalue weighted by molar-refractivity contribution is 1.15. The van der Waals surface area contributed by atoms with E-state index in [9.17, 15) is 0 Å². The minimum atomic E-state index is 0.687. The van der Waals surface area contributed by atoms with Gasteiger partial charge in [-0.25, -0.2) is 0 Å². The number of nitrogens with one attached hydrogen (secondary N) is 1. The maximum absolute atomic E-state index is 8.89. The summed E-state index contributed by atoms with van der Waals surface area (Å²) in [6.45, 7) is 0.696. The molecule has 20 heavy (non-hydrogen) atoms. The molecule has 0 bridgehead atoms. The Balaban J connectivity index is 1.78. The zero-order valence-electron chi connectivity index (χ0n) is 10.9. The zero-order chi connectivity index (χ0) is 13.8. The van der Waals surface area contributed by atoms with Crippen LogP contribution in [0.4, 0.5) is 5.69 Å². The first-order valence-corrected chi connectivity index (χ1v) is 6.43. The van der Waals surface area contributed by atoms with Gasteiger partial charge in [0.1, 0.15) is 0 Å². The average Bonchev–Trinajstić information content (AvgIpc) is 2.53. The van der Waals surface area contributed by atoms with Crippen LogP contribution in [0.3, 0.4) is 0 Å². The Labute approximate surface area is 117 Å². The van der Waals surface area contributed by atoms with Crippen molar-refractivity contribution in [3.05, 3.63) is 71.9 Å². The van der Waals surface area contributed by atoms with E-state index in [1.807, 2.05) is 48.5 Å². The van der Waals surface area contributed by atoms with Crippen molar-refractivity contribution in [3.63, 3.8) is 0 Å². The Morgan fingerprint density at radius 3 is 2.90 bits per heavy atom. The van der Waals surface area contributed by atoms with E-state index in [0.29, 0.717) is 12.1 Å². The molecule has 0 aliphatic carbocycles. The van der Waals surface area contributed by atoms with E-state index in [0.717, 1.165) is 22.2 Å². The fourth-order valence-corrected chi connectivity index (χ4v) is 2.14. The van der Waals surface area contributed by atoms with Gasteiger partial charge < -0.3 is 5.32 Å². The van der Waals surface area contributed by atoms with Crippen molar-refractivity contribution in [1.29, 1.82) is 5.26 Å². The minimum Gasteiger partial charge on any atom is -0.381 e. The number of nitriles is 1. The van der Waals surface area contributed by atoms with E-state index in [-0.39, 0.29) is 0 Å². The molecule has 3 aromatic rings. The van der Waals surface area contributed by atoms with Gasteiger partial charge in [-0.15, -0.1) is 0 Å². The molecule has 0 saturated carbocycles. The van der Waals surface area contributed by atoms with Crippen LogP contribution in [0.5, 0.6) is 0 Å². The number of hydrogen-bond acceptors (Lipinski definition) is 3. The third-order valence-corrected chi connectivity index (χ3v) is 3.16. The third-order valence-electron chi connectivity index (χ3n) is 3.16. The summed E-state index contributed by atoms with van der Waals surface area (Å²) in [6, 6.07) is 19.9. The molecule has 2 aromatic carbocycles. The van der Waals surface area contributed by atoms with Crippen LogP contribution < -0.4 is 5.32 Å². The van der Waals surface area contributed by atoms with Gasteiger partial charge >= 0.3 is 0 Å². The van der Waals surface area contributed by atoms with Crippen molar-refractivity contribution >= 4 is 16.6 Å². The molecule has 0 saturated heterocycles.